The highest BCUT2D eigenvalue weighted by Crippen LogP contribution is 2.32. The first-order chi connectivity index (χ1) is 25.2. The Hall–Kier alpha value is -5.57. The Balaban J connectivity index is 1.18. The third kappa shape index (κ3) is 9.09. The number of H-pyrrole nitrogens is 1. The van der Waals surface area contributed by atoms with Crippen LogP contribution in [0.3, 0.4) is 0 Å². The van der Waals surface area contributed by atoms with Crippen LogP contribution in [-0.2, 0) is 29.0 Å². The van der Waals surface area contributed by atoms with E-state index in [-0.39, 0.29) is 13.1 Å². The molecule has 1 aliphatic rings. The van der Waals surface area contributed by atoms with Gasteiger partial charge in [-0.3, -0.25) is 9.80 Å². The van der Waals surface area contributed by atoms with Gasteiger partial charge in [0, 0.05) is 18.3 Å². The van der Waals surface area contributed by atoms with Crippen molar-refractivity contribution >= 4 is 31.3 Å². The number of hydrogen-bond acceptors (Lipinski definition) is 9. The van der Waals surface area contributed by atoms with E-state index < -0.39 is 43.8 Å². The summed E-state index contributed by atoms with van der Waals surface area (Å²) in [7, 11) is -0.0159. The van der Waals surface area contributed by atoms with Gasteiger partial charge >= 0.3 is 12.2 Å². The van der Waals surface area contributed by atoms with Crippen molar-refractivity contribution in [2.45, 2.75) is 77.7 Å². The van der Waals surface area contributed by atoms with Crippen molar-refractivity contribution in [1.82, 2.24) is 35.3 Å². The number of rotatable bonds is 12. The number of hydrogen-bond donors (Lipinski definition) is 1. The van der Waals surface area contributed by atoms with E-state index in [2.05, 4.69) is 45.4 Å². The molecule has 278 valence electrons. The fourth-order valence-corrected chi connectivity index (χ4v) is 6.89. The van der Waals surface area contributed by atoms with Gasteiger partial charge in [-0.05, 0) is 74.2 Å². The molecular weight excluding hydrogens is 696 g/mol. The van der Waals surface area contributed by atoms with Gasteiger partial charge < -0.3 is 14.2 Å². The van der Waals surface area contributed by atoms with Crippen molar-refractivity contribution in [1.29, 1.82) is 0 Å². The first-order valence-corrected chi connectivity index (χ1v) is 20.9. The lowest BCUT2D eigenvalue weighted by molar-refractivity contribution is 0.0131. The van der Waals surface area contributed by atoms with Gasteiger partial charge in [-0.1, -0.05) is 61.3 Å². The van der Waals surface area contributed by atoms with Crippen molar-refractivity contribution in [3.63, 3.8) is 0 Å². The predicted molar refractivity (Wildman–Crippen MR) is 200 cm³/mol. The SMILES string of the molecule is COc1ccc(CC(c2cn[nH]n2)N(Cc2ccc(-c3ccc(N4CC(Cn5cc([Si](C)(C)C)nn5)OC4=O)cc3F)cc2)C(=O)OC(C)(C)C)cc1. The van der Waals surface area contributed by atoms with Crippen molar-refractivity contribution in [3.05, 3.63) is 102 Å². The minimum Gasteiger partial charge on any atom is -0.497 e. The van der Waals surface area contributed by atoms with Gasteiger partial charge in [-0.2, -0.15) is 15.4 Å². The standard InChI is InChI=1S/C38H45FN8O5Si/c1-38(2,3)52-37(49)47(34(33-20-40-43-41-33)18-25-10-15-29(50-4)16-11-25)21-26-8-12-27(13-9-26)31-17-14-28(19-32(31)39)46-23-30(51-36(46)48)22-45-24-35(42-44-45)53(5,6)7/h8-17,19-20,24,30,34H,18,21-23H2,1-7H3,(H,40,41,43). The van der Waals surface area contributed by atoms with E-state index in [1.165, 1.54) is 11.0 Å². The molecule has 0 radical (unpaired) electrons. The van der Waals surface area contributed by atoms with Crippen LogP contribution in [0.2, 0.25) is 19.6 Å². The van der Waals surface area contributed by atoms with E-state index in [1.807, 2.05) is 75.5 Å². The zero-order chi connectivity index (χ0) is 37.9. The van der Waals surface area contributed by atoms with Crippen molar-refractivity contribution in [3.8, 4) is 16.9 Å². The van der Waals surface area contributed by atoms with Crippen LogP contribution < -0.4 is 15.0 Å². The van der Waals surface area contributed by atoms with Gasteiger partial charge in [0.2, 0.25) is 0 Å². The molecule has 1 saturated heterocycles. The maximum Gasteiger partial charge on any atom is 0.414 e. The topological polar surface area (TPSA) is 141 Å². The number of carbonyl (C=O) groups excluding carboxylic acids is 2. The Morgan fingerprint density at radius 3 is 2.40 bits per heavy atom. The summed E-state index contributed by atoms with van der Waals surface area (Å²) in [5.41, 5.74) is 3.02. The molecule has 2 amide bonds. The number of aromatic amines is 1. The van der Waals surface area contributed by atoms with E-state index in [4.69, 9.17) is 14.2 Å². The molecule has 0 spiro atoms. The molecule has 2 aromatic heterocycles. The summed E-state index contributed by atoms with van der Waals surface area (Å²) in [6, 6.07) is 19.1. The molecule has 2 atom stereocenters. The molecule has 3 heterocycles. The fourth-order valence-electron chi connectivity index (χ4n) is 6.01. The molecular formula is C38H45FN8O5Si. The van der Waals surface area contributed by atoms with Crippen molar-refractivity contribution in [2.75, 3.05) is 18.6 Å². The molecule has 15 heteroatoms. The lowest BCUT2D eigenvalue weighted by Gasteiger charge is -2.33. The van der Waals surface area contributed by atoms with Gasteiger partial charge in [0.05, 0.1) is 43.4 Å². The second-order valence-electron chi connectivity index (χ2n) is 15.1. The maximum atomic E-state index is 15.7. The quantitative estimate of drug-likeness (QED) is 0.142. The summed E-state index contributed by atoms with van der Waals surface area (Å²) >= 11 is 0. The van der Waals surface area contributed by atoms with Crippen LogP contribution in [0, 0.1) is 5.82 Å². The van der Waals surface area contributed by atoms with Crippen LogP contribution >= 0.6 is 0 Å². The van der Waals surface area contributed by atoms with Crippen LogP contribution in [0.1, 0.15) is 43.6 Å². The lowest BCUT2D eigenvalue weighted by atomic mass is 10.00. The summed E-state index contributed by atoms with van der Waals surface area (Å²) in [5, 5.41) is 20.5. The van der Waals surface area contributed by atoms with E-state index in [0.29, 0.717) is 35.5 Å². The summed E-state index contributed by atoms with van der Waals surface area (Å²) in [6.07, 6.45) is 2.46. The highest BCUT2D eigenvalue weighted by Gasteiger charge is 2.34. The van der Waals surface area contributed by atoms with Crippen molar-refractivity contribution in [2.24, 2.45) is 0 Å². The van der Waals surface area contributed by atoms with Gasteiger partial charge in [0.25, 0.3) is 0 Å². The largest absolute Gasteiger partial charge is 0.497 e. The number of halogens is 1. The fraction of sp³-hybridized carbons (Fsp3) is 0.368. The Labute approximate surface area is 309 Å². The second-order valence-corrected chi connectivity index (χ2v) is 20.1. The van der Waals surface area contributed by atoms with E-state index >= 15 is 4.39 Å². The average Bonchev–Trinajstić information content (AvgIpc) is 3.88. The Kier molecular flexibility index (Phi) is 10.7. The molecule has 2 unspecified atom stereocenters. The Bertz CT molecular complexity index is 2030. The number of nitrogens with zero attached hydrogens (tertiary/aromatic N) is 7. The number of benzene rings is 3. The van der Waals surface area contributed by atoms with Crippen LogP contribution in [0.5, 0.6) is 5.75 Å². The van der Waals surface area contributed by atoms with Gasteiger partial charge in [-0.15, -0.1) is 5.10 Å². The zero-order valence-electron chi connectivity index (χ0n) is 31.0. The molecule has 1 aliphatic heterocycles. The molecule has 0 saturated carbocycles. The Morgan fingerprint density at radius 1 is 1.08 bits per heavy atom. The number of nitrogens with one attached hydrogen (secondary N) is 1. The number of aromatic nitrogens is 6. The highest BCUT2D eigenvalue weighted by molar-refractivity contribution is 6.88. The minimum atomic E-state index is -1.63. The molecule has 0 bridgehead atoms. The van der Waals surface area contributed by atoms with Gasteiger partial charge in [-0.25, -0.2) is 18.7 Å². The molecule has 5 aromatic rings. The molecule has 1 fully saturated rings. The number of amides is 2. The van der Waals surface area contributed by atoms with Crippen LogP contribution in [-0.4, -0.2) is 80.9 Å². The molecule has 13 nitrogen and oxygen atoms in total. The van der Waals surface area contributed by atoms with Crippen molar-refractivity contribution < 1.29 is 28.2 Å². The lowest BCUT2D eigenvalue weighted by Crippen LogP contribution is -2.40. The number of methoxy groups -OCH3 is 1. The number of carbonyl (C=O) groups is 2. The zero-order valence-corrected chi connectivity index (χ0v) is 32.0. The molecule has 3 aromatic carbocycles. The number of anilines is 1. The smallest absolute Gasteiger partial charge is 0.414 e. The number of cyclic esters (lactones) is 1. The molecule has 0 aliphatic carbocycles. The average molecular weight is 741 g/mol. The summed E-state index contributed by atoms with van der Waals surface area (Å²) in [4.78, 5) is 29.6. The maximum absolute atomic E-state index is 15.7. The summed E-state index contributed by atoms with van der Waals surface area (Å²) < 4.78 is 34.1. The third-order valence-corrected chi connectivity index (χ3v) is 10.6. The first-order valence-electron chi connectivity index (χ1n) is 17.4. The summed E-state index contributed by atoms with van der Waals surface area (Å²) in [5.74, 6) is 0.243. The van der Waals surface area contributed by atoms with E-state index in [0.717, 1.165) is 22.2 Å². The predicted octanol–water partition coefficient (Wildman–Crippen LogP) is 6.50. The van der Waals surface area contributed by atoms with Crippen LogP contribution in [0.15, 0.2) is 79.1 Å². The highest BCUT2D eigenvalue weighted by atomic mass is 28.3. The normalized spacial score (nSPS) is 15.3. The molecule has 1 N–H and O–H groups in total. The van der Waals surface area contributed by atoms with Gasteiger partial charge in [0.1, 0.15) is 37.0 Å². The summed E-state index contributed by atoms with van der Waals surface area (Å²) in [6.45, 7) is 12.8. The second kappa shape index (κ2) is 15.2. The number of ether oxygens (including phenoxy) is 3. The van der Waals surface area contributed by atoms with E-state index in [9.17, 15) is 9.59 Å². The monoisotopic (exact) mass is 740 g/mol. The van der Waals surface area contributed by atoms with Gasteiger partial charge in [0.15, 0.2) is 0 Å². The van der Waals surface area contributed by atoms with Crippen LogP contribution in [0.25, 0.3) is 11.1 Å². The van der Waals surface area contributed by atoms with Crippen LogP contribution in [0.4, 0.5) is 19.7 Å². The van der Waals surface area contributed by atoms with E-state index in [1.54, 1.807) is 35.0 Å². The minimum absolute atomic E-state index is 0.191. The first kappa shape index (κ1) is 37.2. The molecule has 53 heavy (non-hydrogen) atoms. The third-order valence-electron chi connectivity index (χ3n) is 8.82. The molecule has 6 rings (SSSR count). The Morgan fingerprint density at radius 2 is 1.79 bits per heavy atom.